The predicted octanol–water partition coefficient (Wildman–Crippen LogP) is 1.75. The van der Waals surface area contributed by atoms with E-state index in [-0.39, 0.29) is 5.91 Å². The predicted molar refractivity (Wildman–Crippen MR) is 44.3 cm³/mol. The van der Waals surface area contributed by atoms with Crippen LogP contribution >= 0.6 is 0 Å². The first-order valence-electron chi connectivity index (χ1n) is 3.76. The number of H-pyrrole nitrogens is 1. The Morgan fingerprint density at radius 2 is 2.55 bits per heavy atom. The van der Waals surface area contributed by atoms with Crippen molar-refractivity contribution in [2.45, 2.75) is 19.8 Å². The average molecular weight is 152 g/mol. The third kappa shape index (κ3) is 2.45. The summed E-state index contributed by atoms with van der Waals surface area (Å²) in [5.74, 6) is 0.832. The molecule has 0 fully saturated rings. The topological polar surface area (TPSA) is 44.9 Å². The lowest BCUT2D eigenvalue weighted by Gasteiger charge is -1.99. The maximum absolute atomic E-state index is 11.0. The number of rotatable bonds is 3. The summed E-state index contributed by atoms with van der Waals surface area (Å²) >= 11 is 0. The Balaban J connectivity index is 2.37. The molecule has 0 aliphatic carbocycles. The molecule has 0 aliphatic rings. The van der Waals surface area contributed by atoms with Crippen molar-refractivity contribution >= 4 is 11.7 Å². The van der Waals surface area contributed by atoms with Crippen LogP contribution in [0.2, 0.25) is 0 Å². The molecule has 0 bridgehead atoms. The van der Waals surface area contributed by atoms with Gasteiger partial charge in [-0.3, -0.25) is 4.79 Å². The first kappa shape index (κ1) is 7.85. The van der Waals surface area contributed by atoms with Crippen LogP contribution in [0.4, 0.5) is 5.82 Å². The van der Waals surface area contributed by atoms with Crippen molar-refractivity contribution in [1.29, 1.82) is 0 Å². The summed E-state index contributed by atoms with van der Waals surface area (Å²) in [4.78, 5) is 13.9. The summed E-state index contributed by atoms with van der Waals surface area (Å²) in [6, 6.07) is 3.68. The molecule has 0 unspecified atom stereocenters. The van der Waals surface area contributed by atoms with Crippen LogP contribution in [-0.2, 0) is 4.79 Å². The minimum absolute atomic E-state index is 0.0648. The molecular weight excluding hydrogens is 140 g/mol. The normalized spacial score (nSPS) is 9.55. The van der Waals surface area contributed by atoms with Gasteiger partial charge in [0.15, 0.2) is 0 Å². The standard InChI is InChI=1S/C8H12N2O/c1-2-4-8(11)10-7-5-3-6-9-7/h3,5-6,9H,2,4H2,1H3,(H,10,11). The van der Waals surface area contributed by atoms with Gasteiger partial charge in [-0.1, -0.05) is 6.92 Å². The Morgan fingerprint density at radius 3 is 3.09 bits per heavy atom. The zero-order valence-corrected chi connectivity index (χ0v) is 6.55. The van der Waals surface area contributed by atoms with Crippen molar-refractivity contribution in [2.75, 3.05) is 5.32 Å². The first-order valence-corrected chi connectivity index (χ1v) is 3.76. The second-order valence-electron chi connectivity index (χ2n) is 2.38. The van der Waals surface area contributed by atoms with Crippen molar-refractivity contribution in [3.63, 3.8) is 0 Å². The summed E-state index contributed by atoms with van der Waals surface area (Å²) in [6.07, 6.45) is 3.24. The second-order valence-corrected chi connectivity index (χ2v) is 2.38. The number of aromatic nitrogens is 1. The van der Waals surface area contributed by atoms with Crippen molar-refractivity contribution in [1.82, 2.24) is 4.98 Å². The number of hydrogen-bond donors (Lipinski definition) is 2. The van der Waals surface area contributed by atoms with Crippen LogP contribution in [0, 0.1) is 0 Å². The molecule has 0 aliphatic heterocycles. The van der Waals surface area contributed by atoms with E-state index >= 15 is 0 Å². The summed E-state index contributed by atoms with van der Waals surface area (Å²) in [7, 11) is 0. The van der Waals surface area contributed by atoms with Gasteiger partial charge in [0.05, 0.1) is 0 Å². The average Bonchev–Trinajstić information content (AvgIpc) is 2.40. The van der Waals surface area contributed by atoms with Gasteiger partial charge < -0.3 is 10.3 Å². The smallest absolute Gasteiger partial charge is 0.225 e. The van der Waals surface area contributed by atoms with Crippen LogP contribution in [0.5, 0.6) is 0 Å². The number of anilines is 1. The van der Waals surface area contributed by atoms with E-state index in [1.165, 1.54) is 0 Å². The highest BCUT2D eigenvalue weighted by molar-refractivity contribution is 5.89. The highest BCUT2D eigenvalue weighted by atomic mass is 16.1. The van der Waals surface area contributed by atoms with E-state index < -0.39 is 0 Å². The number of carbonyl (C=O) groups excluding carboxylic acids is 1. The largest absolute Gasteiger partial charge is 0.348 e. The first-order chi connectivity index (χ1) is 5.33. The number of amides is 1. The van der Waals surface area contributed by atoms with Gasteiger partial charge >= 0.3 is 0 Å². The van der Waals surface area contributed by atoms with Crippen molar-refractivity contribution in [2.24, 2.45) is 0 Å². The molecule has 0 spiro atoms. The van der Waals surface area contributed by atoms with Gasteiger partial charge in [-0.2, -0.15) is 0 Å². The molecule has 1 heterocycles. The highest BCUT2D eigenvalue weighted by Crippen LogP contribution is 2.01. The maximum Gasteiger partial charge on any atom is 0.225 e. The maximum atomic E-state index is 11.0. The van der Waals surface area contributed by atoms with Crippen LogP contribution in [-0.4, -0.2) is 10.9 Å². The molecular formula is C8H12N2O. The summed E-state index contributed by atoms with van der Waals surface area (Å²) in [5.41, 5.74) is 0. The molecule has 0 radical (unpaired) electrons. The Hall–Kier alpha value is -1.25. The summed E-state index contributed by atoms with van der Waals surface area (Å²) in [5, 5.41) is 2.73. The molecule has 1 aromatic rings. The molecule has 3 nitrogen and oxygen atoms in total. The molecule has 60 valence electrons. The zero-order chi connectivity index (χ0) is 8.10. The van der Waals surface area contributed by atoms with Gasteiger partial charge in [-0.25, -0.2) is 0 Å². The Morgan fingerprint density at radius 1 is 1.73 bits per heavy atom. The van der Waals surface area contributed by atoms with E-state index in [4.69, 9.17) is 0 Å². The van der Waals surface area contributed by atoms with Gasteiger partial charge in [0, 0.05) is 12.6 Å². The van der Waals surface area contributed by atoms with E-state index in [1.54, 1.807) is 6.20 Å². The third-order valence-electron chi connectivity index (χ3n) is 1.35. The van der Waals surface area contributed by atoms with E-state index in [0.29, 0.717) is 6.42 Å². The molecule has 0 atom stereocenters. The van der Waals surface area contributed by atoms with Gasteiger partial charge in [0.25, 0.3) is 0 Å². The van der Waals surface area contributed by atoms with E-state index in [2.05, 4.69) is 10.3 Å². The van der Waals surface area contributed by atoms with Gasteiger partial charge in [-0.15, -0.1) is 0 Å². The van der Waals surface area contributed by atoms with E-state index in [9.17, 15) is 4.79 Å². The number of aromatic amines is 1. The molecule has 1 aromatic heterocycles. The lowest BCUT2D eigenvalue weighted by Crippen LogP contribution is -2.10. The minimum atomic E-state index is 0.0648. The number of carbonyl (C=O) groups is 1. The van der Waals surface area contributed by atoms with Gasteiger partial charge in [0.2, 0.25) is 5.91 Å². The number of hydrogen-bond acceptors (Lipinski definition) is 1. The fraction of sp³-hybridized carbons (Fsp3) is 0.375. The molecule has 2 N–H and O–H groups in total. The fourth-order valence-electron chi connectivity index (χ4n) is 0.848. The van der Waals surface area contributed by atoms with Crippen molar-refractivity contribution in [3.8, 4) is 0 Å². The minimum Gasteiger partial charge on any atom is -0.348 e. The quantitative estimate of drug-likeness (QED) is 0.681. The molecule has 0 saturated carbocycles. The molecule has 0 saturated heterocycles. The van der Waals surface area contributed by atoms with Gasteiger partial charge in [0.1, 0.15) is 5.82 Å². The Bertz CT molecular complexity index is 216. The van der Waals surface area contributed by atoms with Crippen LogP contribution in [0.15, 0.2) is 18.3 Å². The van der Waals surface area contributed by atoms with Crippen molar-refractivity contribution < 1.29 is 4.79 Å². The summed E-state index contributed by atoms with van der Waals surface area (Å²) < 4.78 is 0. The lowest BCUT2D eigenvalue weighted by molar-refractivity contribution is -0.116. The highest BCUT2D eigenvalue weighted by Gasteiger charge is 1.98. The van der Waals surface area contributed by atoms with Crippen LogP contribution in [0.3, 0.4) is 0 Å². The third-order valence-corrected chi connectivity index (χ3v) is 1.35. The zero-order valence-electron chi connectivity index (χ0n) is 6.55. The van der Waals surface area contributed by atoms with Crippen LogP contribution in [0.1, 0.15) is 19.8 Å². The molecule has 0 aromatic carbocycles. The van der Waals surface area contributed by atoms with Crippen LogP contribution in [0.25, 0.3) is 0 Å². The monoisotopic (exact) mass is 152 g/mol. The lowest BCUT2D eigenvalue weighted by atomic mass is 10.3. The Labute approximate surface area is 65.8 Å². The number of nitrogens with one attached hydrogen (secondary N) is 2. The molecule has 11 heavy (non-hydrogen) atoms. The second kappa shape index (κ2) is 3.81. The van der Waals surface area contributed by atoms with E-state index in [0.717, 1.165) is 12.2 Å². The molecule has 1 amide bonds. The fourth-order valence-corrected chi connectivity index (χ4v) is 0.848. The SMILES string of the molecule is CCCC(=O)Nc1ccc[nH]1. The molecule has 3 heteroatoms. The van der Waals surface area contributed by atoms with Crippen LogP contribution < -0.4 is 5.32 Å². The van der Waals surface area contributed by atoms with Crippen molar-refractivity contribution in [3.05, 3.63) is 18.3 Å². The van der Waals surface area contributed by atoms with E-state index in [1.807, 2.05) is 19.1 Å². The molecule has 1 rings (SSSR count). The summed E-state index contributed by atoms with van der Waals surface area (Å²) in [6.45, 7) is 1.98. The van der Waals surface area contributed by atoms with Gasteiger partial charge in [-0.05, 0) is 18.6 Å². The Kier molecular flexibility index (Phi) is 2.72.